The molecule has 0 radical (unpaired) electrons. The fourth-order valence-corrected chi connectivity index (χ4v) is 4.12. The number of aromatic nitrogens is 2. The van der Waals surface area contributed by atoms with Gasteiger partial charge in [-0.15, -0.1) is 12.4 Å². The third-order valence-corrected chi connectivity index (χ3v) is 5.46. The Hall–Kier alpha value is -2.46. The summed E-state index contributed by atoms with van der Waals surface area (Å²) in [6.07, 6.45) is 1.94. The maximum absolute atomic E-state index is 9.44. The predicted octanol–water partition coefficient (Wildman–Crippen LogP) is 4.90. The molecule has 2 aromatic carbocycles. The van der Waals surface area contributed by atoms with Crippen LogP contribution in [0.5, 0.6) is 5.75 Å². The lowest BCUT2D eigenvalue weighted by atomic mass is 10.0. The van der Waals surface area contributed by atoms with E-state index in [2.05, 4.69) is 22.6 Å². The van der Waals surface area contributed by atoms with E-state index in [9.17, 15) is 5.26 Å². The normalized spacial score (nSPS) is 15.0. The lowest BCUT2D eigenvalue weighted by Crippen LogP contribution is -2.06. The molecule has 0 aliphatic heterocycles. The van der Waals surface area contributed by atoms with Gasteiger partial charge in [0, 0.05) is 17.2 Å². The quantitative estimate of drug-likeness (QED) is 0.658. The van der Waals surface area contributed by atoms with Crippen molar-refractivity contribution in [3.63, 3.8) is 0 Å². The molecule has 0 saturated heterocycles. The van der Waals surface area contributed by atoms with Gasteiger partial charge in [0.15, 0.2) is 5.82 Å². The number of rotatable bonds is 4. The molecule has 2 N–H and O–H groups in total. The smallest absolute Gasteiger partial charge is 0.173 e. The van der Waals surface area contributed by atoms with Gasteiger partial charge in [0.05, 0.1) is 11.7 Å². The lowest BCUT2D eigenvalue weighted by Gasteiger charge is -2.11. The molecule has 4 rings (SSSR count). The summed E-state index contributed by atoms with van der Waals surface area (Å²) in [6.45, 7) is 3.88. The number of benzene rings is 2. The van der Waals surface area contributed by atoms with Gasteiger partial charge in [-0.1, -0.05) is 18.2 Å². The van der Waals surface area contributed by atoms with Gasteiger partial charge in [-0.25, -0.2) is 4.98 Å². The van der Waals surface area contributed by atoms with Crippen LogP contribution in [0, 0.1) is 11.3 Å². The lowest BCUT2D eigenvalue weighted by molar-refractivity contribution is 0.242. The third kappa shape index (κ3) is 3.74. The van der Waals surface area contributed by atoms with E-state index in [1.807, 2.05) is 38.1 Å². The molecule has 0 bridgehead atoms. The second-order valence-corrected chi connectivity index (χ2v) is 7.68. The number of hydrogen-bond donors (Lipinski definition) is 1. The summed E-state index contributed by atoms with van der Waals surface area (Å²) in [5.74, 6) is 1.32. The fraction of sp³-hybridized carbons (Fsp3) is 0.286. The average molecular weight is 413 g/mol. The Labute approximate surface area is 174 Å². The van der Waals surface area contributed by atoms with Crippen molar-refractivity contribution >= 4 is 23.9 Å². The van der Waals surface area contributed by atoms with Gasteiger partial charge < -0.3 is 10.5 Å². The summed E-state index contributed by atoms with van der Waals surface area (Å²) in [7, 11) is 0. The maximum atomic E-state index is 9.44. The van der Waals surface area contributed by atoms with Crippen molar-refractivity contribution in [3.05, 3.63) is 53.1 Å². The van der Waals surface area contributed by atoms with Gasteiger partial charge in [-0.3, -0.25) is 0 Å². The first-order valence-corrected chi connectivity index (χ1v) is 9.76. The summed E-state index contributed by atoms with van der Waals surface area (Å²) >= 11 is 1.34. The van der Waals surface area contributed by atoms with E-state index in [0.717, 1.165) is 34.8 Å². The van der Waals surface area contributed by atoms with Crippen LogP contribution < -0.4 is 10.5 Å². The van der Waals surface area contributed by atoms with Gasteiger partial charge in [-0.2, -0.15) is 9.64 Å². The van der Waals surface area contributed by atoms with Crippen LogP contribution in [0.4, 0.5) is 0 Å². The summed E-state index contributed by atoms with van der Waals surface area (Å²) in [5.41, 5.74) is 11.1. The van der Waals surface area contributed by atoms with Crippen molar-refractivity contribution in [2.24, 2.45) is 5.73 Å². The second-order valence-electron chi connectivity index (χ2n) is 6.93. The summed E-state index contributed by atoms with van der Waals surface area (Å²) in [6, 6.07) is 14.0. The minimum absolute atomic E-state index is 0. The highest BCUT2D eigenvalue weighted by atomic mass is 35.5. The molecular formula is C21H21ClN4OS. The molecule has 7 heteroatoms. The second kappa shape index (κ2) is 8.27. The Kier molecular flexibility index (Phi) is 5.99. The summed E-state index contributed by atoms with van der Waals surface area (Å²) in [5, 5.41) is 10.2. The van der Waals surface area contributed by atoms with Gasteiger partial charge in [0.25, 0.3) is 0 Å². The molecule has 0 amide bonds. The number of hydrogen-bond acceptors (Lipinski definition) is 6. The first kappa shape index (κ1) is 20.3. The van der Waals surface area contributed by atoms with E-state index >= 15 is 0 Å². The third-order valence-electron chi connectivity index (χ3n) is 4.69. The first-order valence-electron chi connectivity index (χ1n) is 8.99. The minimum atomic E-state index is 0. The average Bonchev–Trinajstić information content (AvgIpc) is 3.29. The zero-order valence-electron chi connectivity index (χ0n) is 15.7. The standard InChI is InChI=1S/C21H20N4OS.ClH/c1-12(2)26-19-9-6-13(10-14(19)11-22)21-24-20(25-27-21)17-5-3-4-16-15(17)7-8-18(16)23;/h3-6,9-10,12,18H,7-8,23H2,1-2H3;1H. The van der Waals surface area contributed by atoms with Crippen molar-refractivity contribution < 1.29 is 4.74 Å². The van der Waals surface area contributed by atoms with Crippen LogP contribution in [0.25, 0.3) is 22.0 Å². The Bertz CT molecular complexity index is 1040. The maximum Gasteiger partial charge on any atom is 0.173 e. The highest BCUT2D eigenvalue weighted by Crippen LogP contribution is 2.37. The van der Waals surface area contributed by atoms with Crippen LogP contribution in [-0.4, -0.2) is 15.5 Å². The van der Waals surface area contributed by atoms with Crippen molar-refractivity contribution in [1.82, 2.24) is 9.36 Å². The Balaban J connectivity index is 0.00000225. The van der Waals surface area contributed by atoms with Gasteiger partial charge in [0.1, 0.15) is 16.8 Å². The van der Waals surface area contributed by atoms with E-state index in [0.29, 0.717) is 11.3 Å². The van der Waals surface area contributed by atoms with Crippen LogP contribution in [0.1, 0.15) is 43.0 Å². The summed E-state index contributed by atoms with van der Waals surface area (Å²) < 4.78 is 10.3. The van der Waals surface area contributed by atoms with E-state index in [1.165, 1.54) is 22.7 Å². The molecule has 1 unspecified atom stereocenters. The largest absolute Gasteiger partial charge is 0.490 e. The summed E-state index contributed by atoms with van der Waals surface area (Å²) in [4.78, 5) is 4.74. The zero-order valence-corrected chi connectivity index (χ0v) is 17.3. The molecule has 1 aromatic heterocycles. The van der Waals surface area contributed by atoms with Crippen molar-refractivity contribution in [2.75, 3.05) is 0 Å². The molecule has 0 spiro atoms. The molecule has 1 aliphatic carbocycles. The molecule has 144 valence electrons. The van der Waals surface area contributed by atoms with Crippen molar-refractivity contribution in [1.29, 1.82) is 5.26 Å². The highest BCUT2D eigenvalue weighted by molar-refractivity contribution is 7.09. The number of nitrogens with two attached hydrogens (primary N) is 1. The fourth-order valence-electron chi connectivity index (χ4n) is 3.45. The van der Waals surface area contributed by atoms with E-state index in [4.69, 9.17) is 15.5 Å². The minimum Gasteiger partial charge on any atom is -0.490 e. The molecule has 0 saturated carbocycles. The number of halogens is 1. The van der Waals surface area contributed by atoms with Crippen LogP contribution in [0.3, 0.4) is 0 Å². The van der Waals surface area contributed by atoms with E-state index < -0.39 is 0 Å². The monoisotopic (exact) mass is 412 g/mol. The molecule has 1 heterocycles. The van der Waals surface area contributed by atoms with Gasteiger partial charge in [0.2, 0.25) is 0 Å². The zero-order chi connectivity index (χ0) is 19.0. The molecular weight excluding hydrogens is 392 g/mol. The molecule has 1 aliphatic rings. The first-order chi connectivity index (χ1) is 13.1. The predicted molar refractivity (Wildman–Crippen MR) is 114 cm³/mol. The highest BCUT2D eigenvalue weighted by Gasteiger charge is 2.23. The van der Waals surface area contributed by atoms with E-state index in [-0.39, 0.29) is 24.6 Å². The Morgan fingerprint density at radius 3 is 2.86 bits per heavy atom. The molecule has 0 fully saturated rings. The number of nitrogens with zero attached hydrogens (tertiary/aromatic N) is 3. The molecule has 5 nitrogen and oxygen atoms in total. The Morgan fingerprint density at radius 1 is 1.29 bits per heavy atom. The SMILES string of the molecule is CC(C)Oc1ccc(-c2nc(-c3cccc4c3CCC4N)ns2)cc1C#N.Cl. The van der Waals surface area contributed by atoms with E-state index in [1.54, 1.807) is 0 Å². The number of fused-ring (bicyclic) bond motifs is 1. The van der Waals surface area contributed by atoms with Crippen LogP contribution >= 0.6 is 23.9 Å². The van der Waals surface area contributed by atoms with Gasteiger partial charge in [-0.05, 0) is 67.5 Å². The van der Waals surface area contributed by atoms with Crippen molar-refractivity contribution in [2.45, 2.75) is 38.8 Å². The Morgan fingerprint density at radius 2 is 2.11 bits per heavy atom. The topological polar surface area (TPSA) is 84.8 Å². The van der Waals surface area contributed by atoms with Crippen LogP contribution in [-0.2, 0) is 6.42 Å². The molecule has 28 heavy (non-hydrogen) atoms. The molecule has 3 aromatic rings. The number of ether oxygens (including phenoxy) is 1. The van der Waals surface area contributed by atoms with Crippen molar-refractivity contribution in [3.8, 4) is 33.8 Å². The molecule has 1 atom stereocenters. The van der Waals surface area contributed by atoms with Crippen LogP contribution in [0.15, 0.2) is 36.4 Å². The van der Waals surface area contributed by atoms with Gasteiger partial charge >= 0.3 is 0 Å². The number of nitriles is 1. The van der Waals surface area contributed by atoms with Crippen LogP contribution in [0.2, 0.25) is 0 Å².